The molecule has 1 unspecified atom stereocenters. The van der Waals surface area contributed by atoms with Crippen LogP contribution in [0.3, 0.4) is 0 Å². The summed E-state index contributed by atoms with van der Waals surface area (Å²) in [5, 5.41) is 3.28. The molecule has 1 atom stereocenters. The molecular formula is C11H18N2O. The molecule has 0 saturated heterocycles. The van der Waals surface area contributed by atoms with E-state index in [0.29, 0.717) is 6.04 Å². The molecule has 0 aliphatic rings. The van der Waals surface area contributed by atoms with Crippen LogP contribution in [0.4, 0.5) is 0 Å². The molecule has 1 rings (SSSR count). The largest absolute Gasteiger partial charge is 0.385 e. The van der Waals surface area contributed by atoms with Gasteiger partial charge in [-0.15, -0.1) is 0 Å². The summed E-state index contributed by atoms with van der Waals surface area (Å²) >= 11 is 0. The first-order valence-corrected chi connectivity index (χ1v) is 4.92. The van der Waals surface area contributed by atoms with Gasteiger partial charge in [0.1, 0.15) is 0 Å². The predicted molar refractivity (Wildman–Crippen MR) is 57.3 cm³/mol. The monoisotopic (exact) mass is 194 g/mol. The SMILES string of the molecule is CNC(CCOC)Cc1ccncc1. The fraction of sp³-hybridized carbons (Fsp3) is 0.545. The van der Waals surface area contributed by atoms with E-state index >= 15 is 0 Å². The lowest BCUT2D eigenvalue weighted by Crippen LogP contribution is -2.28. The molecule has 0 fully saturated rings. The van der Waals surface area contributed by atoms with E-state index in [1.165, 1.54) is 5.56 Å². The zero-order valence-corrected chi connectivity index (χ0v) is 8.86. The highest BCUT2D eigenvalue weighted by atomic mass is 16.5. The number of hydrogen-bond acceptors (Lipinski definition) is 3. The van der Waals surface area contributed by atoms with Crippen LogP contribution in [0.1, 0.15) is 12.0 Å². The van der Waals surface area contributed by atoms with E-state index in [2.05, 4.69) is 22.4 Å². The molecule has 1 aromatic heterocycles. The minimum absolute atomic E-state index is 0.484. The Morgan fingerprint density at radius 3 is 2.71 bits per heavy atom. The second-order valence-corrected chi connectivity index (χ2v) is 3.33. The summed E-state index contributed by atoms with van der Waals surface area (Å²) < 4.78 is 5.06. The molecule has 1 aromatic rings. The Morgan fingerprint density at radius 1 is 1.43 bits per heavy atom. The van der Waals surface area contributed by atoms with E-state index in [9.17, 15) is 0 Å². The minimum atomic E-state index is 0.484. The first kappa shape index (κ1) is 11.1. The summed E-state index contributed by atoms with van der Waals surface area (Å²) in [6, 6.07) is 4.59. The Hall–Kier alpha value is -0.930. The molecule has 14 heavy (non-hydrogen) atoms. The van der Waals surface area contributed by atoms with Crippen LogP contribution in [-0.2, 0) is 11.2 Å². The average molecular weight is 194 g/mol. The van der Waals surface area contributed by atoms with Crippen molar-refractivity contribution in [3.63, 3.8) is 0 Å². The number of ether oxygens (including phenoxy) is 1. The number of nitrogens with zero attached hydrogens (tertiary/aromatic N) is 1. The van der Waals surface area contributed by atoms with E-state index in [0.717, 1.165) is 19.4 Å². The number of hydrogen-bond donors (Lipinski definition) is 1. The maximum atomic E-state index is 5.06. The third kappa shape index (κ3) is 3.85. The van der Waals surface area contributed by atoms with Crippen molar-refractivity contribution >= 4 is 0 Å². The van der Waals surface area contributed by atoms with Crippen molar-refractivity contribution in [3.05, 3.63) is 30.1 Å². The second kappa shape index (κ2) is 6.51. The van der Waals surface area contributed by atoms with E-state index in [1.54, 1.807) is 7.11 Å². The molecule has 0 bridgehead atoms. The van der Waals surface area contributed by atoms with Crippen LogP contribution < -0.4 is 5.32 Å². The zero-order chi connectivity index (χ0) is 10.2. The van der Waals surface area contributed by atoms with Crippen LogP contribution in [0.15, 0.2) is 24.5 Å². The van der Waals surface area contributed by atoms with Crippen LogP contribution in [0.5, 0.6) is 0 Å². The summed E-state index contributed by atoms with van der Waals surface area (Å²) in [5.41, 5.74) is 1.32. The lowest BCUT2D eigenvalue weighted by atomic mass is 10.1. The van der Waals surface area contributed by atoms with Crippen LogP contribution in [0.25, 0.3) is 0 Å². The van der Waals surface area contributed by atoms with Crippen molar-refractivity contribution in [3.8, 4) is 0 Å². The molecule has 0 aliphatic carbocycles. The molecule has 3 nitrogen and oxygen atoms in total. The van der Waals surface area contributed by atoms with Gasteiger partial charge in [-0.3, -0.25) is 4.98 Å². The number of aromatic nitrogens is 1. The van der Waals surface area contributed by atoms with Gasteiger partial charge in [0.15, 0.2) is 0 Å². The molecule has 1 N–H and O–H groups in total. The van der Waals surface area contributed by atoms with E-state index in [1.807, 2.05) is 19.4 Å². The minimum Gasteiger partial charge on any atom is -0.385 e. The van der Waals surface area contributed by atoms with Crippen molar-refractivity contribution < 1.29 is 4.74 Å². The van der Waals surface area contributed by atoms with Gasteiger partial charge in [-0.1, -0.05) is 0 Å². The van der Waals surface area contributed by atoms with Gasteiger partial charge >= 0.3 is 0 Å². The first-order valence-electron chi connectivity index (χ1n) is 4.92. The van der Waals surface area contributed by atoms with Crippen LogP contribution in [0.2, 0.25) is 0 Å². The summed E-state index contributed by atoms with van der Waals surface area (Å²) in [4.78, 5) is 4.00. The lowest BCUT2D eigenvalue weighted by Gasteiger charge is -2.15. The van der Waals surface area contributed by atoms with Gasteiger partial charge in [-0.2, -0.15) is 0 Å². The molecular weight excluding hydrogens is 176 g/mol. The molecule has 0 amide bonds. The van der Waals surface area contributed by atoms with Gasteiger partial charge in [0, 0.05) is 32.2 Å². The standard InChI is InChI=1S/C11H18N2O/c1-12-11(5-8-14-2)9-10-3-6-13-7-4-10/h3-4,6-7,11-12H,5,8-9H2,1-2H3. The van der Waals surface area contributed by atoms with Gasteiger partial charge in [-0.05, 0) is 37.6 Å². The summed E-state index contributed by atoms with van der Waals surface area (Å²) in [5.74, 6) is 0. The van der Waals surface area contributed by atoms with Crippen LogP contribution >= 0.6 is 0 Å². The fourth-order valence-corrected chi connectivity index (χ4v) is 1.41. The Bertz CT molecular complexity index is 238. The van der Waals surface area contributed by atoms with Gasteiger partial charge in [-0.25, -0.2) is 0 Å². The Balaban J connectivity index is 2.40. The van der Waals surface area contributed by atoms with Gasteiger partial charge in [0.05, 0.1) is 0 Å². The van der Waals surface area contributed by atoms with E-state index < -0.39 is 0 Å². The Labute approximate surface area is 85.5 Å². The highest BCUT2D eigenvalue weighted by molar-refractivity contribution is 5.11. The summed E-state index contributed by atoms with van der Waals surface area (Å²) in [6.07, 6.45) is 5.73. The van der Waals surface area contributed by atoms with Crippen molar-refractivity contribution in [1.82, 2.24) is 10.3 Å². The second-order valence-electron chi connectivity index (χ2n) is 3.33. The molecule has 0 radical (unpaired) electrons. The molecule has 0 aliphatic heterocycles. The maximum absolute atomic E-state index is 5.06. The molecule has 78 valence electrons. The van der Waals surface area contributed by atoms with Crippen LogP contribution in [0, 0.1) is 0 Å². The van der Waals surface area contributed by atoms with Crippen molar-refractivity contribution in [1.29, 1.82) is 0 Å². The molecule has 0 spiro atoms. The van der Waals surface area contributed by atoms with Crippen molar-refractivity contribution in [2.24, 2.45) is 0 Å². The number of likely N-dealkylation sites (N-methyl/N-ethyl adjacent to an activating group) is 1. The van der Waals surface area contributed by atoms with Crippen LogP contribution in [-0.4, -0.2) is 31.8 Å². The molecule has 1 heterocycles. The summed E-state index contributed by atoms with van der Waals surface area (Å²) in [7, 11) is 3.72. The topological polar surface area (TPSA) is 34.1 Å². The fourth-order valence-electron chi connectivity index (χ4n) is 1.41. The number of methoxy groups -OCH3 is 1. The zero-order valence-electron chi connectivity index (χ0n) is 8.86. The average Bonchev–Trinajstić information content (AvgIpc) is 2.25. The third-order valence-corrected chi connectivity index (χ3v) is 2.31. The van der Waals surface area contributed by atoms with Crippen molar-refractivity contribution in [2.45, 2.75) is 18.9 Å². The van der Waals surface area contributed by atoms with Gasteiger partial charge < -0.3 is 10.1 Å². The lowest BCUT2D eigenvalue weighted by molar-refractivity contribution is 0.184. The smallest absolute Gasteiger partial charge is 0.0477 e. The van der Waals surface area contributed by atoms with E-state index in [-0.39, 0.29) is 0 Å². The quantitative estimate of drug-likeness (QED) is 0.740. The normalized spacial score (nSPS) is 12.7. The Morgan fingerprint density at radius 2 is 2.14 bits per heavy atom. The maximum Gasteiger partial charge on any atom is 0.0477 e. The number of rotatable bonds is 6. The van der Waals surface area contributed by atoms with Crippen molar-refractivity contribution in [2.75, 3.05) is 20.8 Å². The molecule has 3 heteroatoms. The third-order valence-electron chi connectivity index (χ3n) is 2.31. The molecule has 0 aromatic carbocycles. The highest BCUT2D eigenvalue weighted by Crippen LogP contribution is 2.04. The van der Waals surface area contributed by atoms with Gasteiger partial charge in [0.2, 0.25) is 0 Å². The molecule has 0 saturated carbocycles. The summed E-state index contributed by atoms with van der Waals surface area (Å²) in [6.45, 7) is 0.802. The Kier molecular flexibility index (Phi) is 5.19. The highest BCUT2D eigenvalue weighted by Gasteiger charge is 2.06. The van der Waals surface area contributed by atoms with Gasteiger partial charge in [0.25, 0.3) is 0 Å². The predicted octanol–water partition coefficient (Wildman–Crippen LogP) is 1.25. The number of pyridine rings is 1. The number of nitrogens with one attached hydrogen (secondary N) is 1. The van der Waals surface area contributed by atoms with E-state index in [4.69, 9.17) is 4.74 Å². The first-order chi connectivity index (χ1) is 6.86.